The Morgan fingerprint density at radius 2 is 1.77 bits per heavy atom. The molecule has 172 valence electrons. The highest BCUT2D eigenvalue weighted by molar-refractivity contribution is 5.80. The zero-order valence-corrected chi connectivity index (χ0v) is 17.3. The van der Waals surface area contributed by atoms with E-state index in [4.69, 9.17) is 14.6 Å². The summed E-state index contributed by atoms with van der Waals surface area (Å²) in [6.07, 6.45) is 1.58. The number of rotatable bonds is 6. The van der Waals surface area contributed by atoms with Gasteiger partial charge in [-0.25, -0.2) is 4.79 Å². The van der Waals surface area contributed by atoms with Crippen LogP contribution in [0, 0.1) is 5.92 Å². The highest BCUT2D eigenvalue weighted by Gasteiger charge is 2.41. The number of nitrogens with one attached hydrogen (secondary N) is 1. The highest BCUT2D eigenvalue weighted by Crippen LogP contribution is 2.32. The van der Waals surface area contributed by atoms with E-state index in [1.807, 2.05) is 0 Å². The van der Waals surface area contributed by atoms with Gasteiger partial charge in [0.1, 0.15) is 6.10 Å². The number of aliphatic carboxylic acids is 1. The van der Waals surface area contributed by atoms with E-state index in [0.29, 0.717) is 6.04 Å². The summed E-state index contributed by atoms with van der Waals surface area (Å²) in [5.41, 5.74) is 1.40. The summed E-state index contributed by atoms with van der Waals surface area (Å²) in [4.78, 5) is 23.7. The topological polar surface area (TPSA) is 78.9 Å². The van der Waals surface area contributed by atoms with Crippen LogP contribution in [0.2, 0.25) is 0 Å². The minimum absolute atomic E-state index is 0.114. The Morgan fingerprint density at radius 1 is 1.10 bits per heavy atom. The zero-order chi connectivity index (χ0) is 22.4. The van der Waals surface area contributed by atoms with Crippen LogP contribution in [0.3, 0.4) is 0 Å². The second kappa shape index (κ2) is 10.5. The van der Waals surface area contributed by atoms with Crippen molar-refractivity contribution in [2.75, 3.05) is 19.6 Å². The maximum Gasteiger partial charge on any atom is 0.490 e. The van der Waals surface area contributed by atoms with Gasteiger partial charge in [0.05, 0.1) is 6.10 Å². The third-order valence-electron chi connectivity index (χ3n) is 5.99. The predicted octanol–water partition coefficient (Wildman–Crippen LogP) is 3.01. The van der Waals surface area contributed by atoms with E-state index in [2.05, 4.69) is 40.5 Å². The second-order valence-corrected chi connectivity index (χ2v) is 8.36. The summed E-state index contributed by atoms with van der Waals surface area (Å²) >= 11 is 0. The quantitative estimate of drug-likeness (QED) is 0.708. The molecule has 0 bridgehead atoms. The number of amides is 1. The fraction of sp³-hybridized carbons (Fsp3) is 0.636. The van der Waals surface area contributed by atoms with Crippen molar-refractivity contribution in [3.63, 3.8) is 0 Å². The lowest BCUT2D eigenvalue weighted by Crippen LogP contribution is -2.48. The van der Waals surface area contributed by atoms with Gasteiger partial charge in [-0.1, -0.05) is 30.3 Å². The number of halogens is 3. The number of hydrogen-bond donors (Lipinski definition) is 2. The van der Waals surface area contributed by atoms with Gasteiger partial charge in [0.15, 0.2) is 0 Å². The third-order valence-corrected chi connectivity index (χ3v) is 5.99. The van der Waals surface area contributed by atoms with Gasteiger partial charge < -0.3 is 15.2 Å². The number of alkyl halides is 3. The summed E-state index contributed by atoms with van der Waals surface area (Å²) < 4.78 is 37.9. The van der Waals surface area contributed by atoms with Crippen LogP contribution in [0.15, 0.2) is 30.3 Å². The predicted molar refractivity (Wildman–Crippen MR) is 107 cm³/mol. The number of carboxylic acid groups (broad SMARTS) is 1. The Bertz CT molecular complexity index is 740. The van der Waals surface area contributed by atoms with Crippen molar-refractivity contribution >= 4 is 11.9 Å². The molecule has 6 nitrogen and oxygen atoms in total. The van der Waals surface area contributed by atoms with Gasteiger partial charge >= 0.3 is 12.1 Å². The van der Waals surface area contributed by atoms with Crippen molar-refractivity contribution < 1.29 is 32.6 Å². The molecule has 9 heteroatoms. The number of carbonyl (C=O) groups excluding carboxylic acids is 1. The van der Waals surface area contributed by atoms with E-state index in [0.717, 1.165) is 51.2 Å². The van der Waals surface area contributed by atoms with Crippen molar-refractivity contribution in [1.29, 1.82) is 0 Å². The average Bonchev–Trinajstić information content (AvgIpc) is 3.49. The molecule has 1 aromatic rings. The van der Waals surface area contributed by atoms with Crippen LogP contribution in [0.4, 0.5) is 13.2 Å². The Balaban J connectivity index is 0.000000339. The standard InChI is InChI=1S/C20H28N2O2.C2HF3O2/c23-20(21-14-16-6-7-16)19-9-8-17-18(24-19)11-13-22(17)12-10-15-4-2-1-3-5-15;3-2(4,5)1(6)7/h1-5,16-19H,6-14H2,(H,21,23);(H,6,7)/t17-,18-,19-;/m1./s1. The van der Waals surface area contributed by atoms with Crippen LogP contribution < -0.4 is 5.32 Å². The average molecular weight is 442 g/mol. The first-order valence-corrected chi connectivity index (χ1v) is 10.8. The lowest BCUT2D eigenvalue weighted by molar-refractivity contribution is -0.192. The smallest absolute Gasteiger partial charge is 0.475 e. The third kappa shape index (κ3) is 7.21. The molecule has 2 saturated heterocycles. The molecule has 1 aliphatic carbocycles. The Kier molecular flexibility index (Phi) is 7.94. The largest absolute Gasteiger partial charge is 0.490 e. The van der Waals surface area contributed by atoms with Crippen molar-refractivity contribution in [3.8, 4) is 0 Å². The molecule has 2 aliphatic heterocycles. The molecule has 2 heterocycles. The molecule has 3 atom stereocenters. The molecule has 0 unspecified atom stereocenters. The summed E-state index contributed by atoms with van der Waals surface area (Å²) in [6, 6.07) is 11.2. The SMILES string of the molecule is O=C(NCC1CC1)[C@H]1CC[C@@H]2[C@@H](CCN2CCc2ccccc2)O1.O=C(O)C(F)(F)F. The van der Waals surface area contributed by atoms with Crippen LogP contribution in [-0.4, -0.2) is 65.9 Å². The van der Waals surface area contributed by atoms with Crippen molar-refractivity contribution in [3.05, 3.63) is 35.9 Å². The second-order valence-electron chi connectivity index (χ2n) is 8.36. The molecule has 1 amide bonds. The normalized spacial score (nSPS) is 25.8. The zero-order valence-electron chi connectivity index (χ0n) is 17.3. The number of nitrogens with zero attached hydrogens (tertiary/aromatic N) is 1. The maximum atomic E-state index is 12.3. The van der Waals surface area contributed by atoms with Crippen molar-refractivity contribution in [2.45, 2.75) is 63.0 Å². The van der Waals surface area contributed by atoms with E-state index in [1.165, 1.54) is 18.4 Å². The molecule has 3 fully saturated rings. The van der Waals surface area contributed by atoms with Crippen LogP contribution in [-0.2, 0) is 20.7 Å². The molecule has 0 spiro atoms. The van der Waals surface area contributed by atoms with Gasteiger partial charge in [-0.15, -0.1) is 0 Å². The van der Waals surface area contributed by atoms with Gasteiger partial charge in [0.25, 0.3) is 0 Å². The van der Waals surface area contributed by atoms with Crippen LogP contribution >= 0.6 is 0 Å². The number of fused-ring (bicyclic) bond motifs is 1. The summed E-state index contributed by atoms with van der Waals surface area (Å²) in [5.74, 6) is -1.92. The molecular weight excluding hydrogens is 413 g/mol. The summed E-state index contributed by atoms with van der Waals surface area (Å²) in [6.45, 7) is 3.03. The lowest BCUT2D eigenvalue weighted by Gasteiger charge is -2.35. The maximum absolute atomic E-state index is 12.3. The van der Waals surface area contributed by atoms with E-state index in [9.17, 15) is 18.0 Å². The molecule has 1 aromatic carbocycles. The van der Waals surface area contributed by atoms with Crippen molar-refractivity contribution in [2.24, 2.45) is 5.92 Å². The van der Waals surface area contributed by atoms with Gasteiger partial charge in [-0.3, -0.25) is 9.69 Å². The molecule has 4 rings (SSSR count). The molecule has 31 heavy (non-hydrogen) atoms. The van der Waals surface area contributed by atoms with E-state index >= 15 is 0 Å². The van der Waals surface area contributed by atoms with Crippen LogP contribution in [0.5, 0.6) is 0 Å². The van der Waals surface area contributed by atoms with Crippen molar-refractivity contribution in [1.82, 2.24) is 10.2 Å². The summed E-state index contributed by atoms with van der Waals surface area (Å²) in [5, 5.41) is 10.2. The summed E-state index contributed by atoms with van der Waals surface area (Å²) in [7, 11) is 0. The minimum Gasteiger partial charge on any atom is -0.475 e. The van der Waals surface area contributed by atoms with Gasteiger partial charge in [-0.2, -0.15) is 13.2 Å². The number of benzene rings is 1. The number of likely N-dealkylation sites (tertiary alicyclic amines) is 1. The number of ether oxygens (including phenoxy) is 1. The van der Waals surface area contributed by atoms with Gasteiger partial charge in [0.2, 0.25) is 5.91 Å². The first-order valence-electron chi connectivity index (χ1n) is 10.8. The van der Waals surface area contributed by atoms with Gasteiger partial charge in [0, 0.05) is 25.7 Å². The number of carbonyl (C=O) groups is 2. The Hall–Kier alpha value is -2.13. The molecule has 0 aromatic heterocycles. The number of hydrogen-bond acceptors (Lipinski definition) is 4. The highest BCUT2D eigenvalue weighted by atomic mass is 19.4. The first kappa shape index (κ1) is 23.5. The van der Waals surface area contributed by atoms with E-state index < -0.39 is 12.1 Å². The number of carboxylic acids is 1. The first-order chi connectivity index (χ1) is 14.7. The Labute approximate surface area is 179 Å². The molecular formula is C22H29F3N2O4. The van der Waals surface area contributed by atoms with E-state index in [1.54, 1.807) is 0 Å². The molecule has 2 N–H and O–H groups in total. The minimum atomic E-state index is -5.08. The monoisotopic (exact) mass is 442 g/mol. The fourth-order valence-electron chi connectivity index (χ4n) is 4.08. The Morgan fingerprint density at radius 3 is 2.39 bits per heavy atom. The van der Waals surface area contributed by atoms with E-state index in [-0.39, 0.29) is 18.1 Å². The fourth-order valence-corrected chi connectivity index (χ4v) is 4.08. The van der Waals surface area contributed by atoms with Gasteiger partial charge in [-0.05, 0) is 50.0 Å². The van der Waals surface area contributed by atoms with Crippen LogP contribution in [0.1, 0.15) is 37.7 Å². The molecule has 3 aliphatic rings. The lowest BCUT2D eigenvalue weighted by atomic mass is 9.98. The van der Waals surface area contributed by atoms with Crippen LogP contribution in [0.25, 0.3) is 0 Å². The molecule has 0 radical (unpaired) electrons. The molecule has 1 saturated carbocycles.